The van der Waals surface area contributed by atoms with Crippen LogP contribution >= 0.6 is 0 Å². The summed E-state index contributed by atoms with van der Waals surface area (Å²) in [7, 11) is -4.06. The fraction of sp³-hybridized carbons (Fsp3) is 0.561. The van der Waals surface area contributed by atoms with Crippen molar-refractivity contribution in [1.82, 2.24) is 0 Å². The standard InChI is InChI=1S/C41H44F19NO6Si/c1-7-18-65-31(62)10-8-9-25(6)32(67-33(63)61-30-16-13-27(42)22-29(30)43)26-11-14-28(15-12-26)64-19-20-66-68(23(2)3,24(4)5)21-17-34(44,45)35(46,47)36(48,49)37(50,51)38(52,53)39(54,55)40(56,57)41(58,59)60/h7-8,10-16,22-25,32H,1,9,17-21H2,2-6H3,(H,61,63)/b10-8+/t25-,32+/m1/s1. The molecule has 2 aromatic rings. The van der Waals surface area contributed by atoms with E-state index in [1.807, 2.05) is 0 Å². The van der Waals surface area contributed by atoms with Crippen LogP contribution in [-0.2, 0) is 18.7 Å². The molecule has 0 radical (unpaired) electrons. The van der Waals surface area contributed by atoms with Crippen LogP contribution in [0.2, 0.25) is 17.1 Å². The van der Waals surface area contributed by atoms with Crippen molar-refractivity contribution in [3.63, 3.8) is 0 Å². The summed E-state index contributed by atoms with van der Waals surface area (Å²) in [6, 6.07) is 6.32. The lowest BCUT2D eigenvalue weighted by Crippen LogP contribution is -2.74. The van der Waals surface area contributed by atoms with Crippen molar-refractivity contribution in [2.75, 3.05) is 25.1 Å². The number of hydrogen-bond acceptors (Lipinski definition) is 6. The number of anilines is 1. The second-order valence-corrected chi connectivity index (χ2v) is 20.8. The molecular formula is C41H44F19NO6Si. The van der Waals surface area contributed by atoms with Crippen LogP contribution in [0.25, 0.3) is 0 Å². The Morgan fingerprint density at radius 2 is 1.22 bits per heavy atom. The molecule has 0 aromatic heterocycles. The van der Waals surface area contributed by atoms with Crippen molar-refractivity contribution < 1.29 is 112 Å². The van der Waals surface area contributed by atoms with Crippen LogP contribution in [0.1, 0.15) is 59.1 Å². The highest BCUT2D eigenvalue weighted by Crippen LogP contribution is 2.64. The van der Waals surface area contributed by atoms with E-state index >= 15 is 8.78 Å². The molecule has 0 saturated heterocycles. The molecule has 0 saturated carbocycles. The zero-order valence-electron chi connectivity index (χ0n) is 36.2. The number of alkyl halides is 17. The monoisotopic (exact) mass is 1040 g/mol. The first kappa shape index (κ1) is 59.4. The molecule has 0 fully saturated rings. The zero-order valence-corrected chi connectivity index (χ0v) is 37.2. The number of ether oxygens (including phenoxy) is 3. The summed E-state index contributed by atoms with van der Waals surface area (Å²) in [4.78, 5) is 24.7. The van der Waals surface area contributed by atoms with Gasteiger partial charge in [0.15, 0.2) is 8.32 Å². The van der Waals surface area contributed by atoms with Crippen molar-refractivity contribution in [2.24, 2.45) is 5.92 Å². The fourth-order valence-electron chi connectivity index (χ4n) is 6.55. The Hall–Kier alpha value is -4.69. The highest BCUT2D eigenvalue weighted by atomic mass is 28.4. The third-order valence-corrected chi connectivity index (χ3v) is 16.2. The van der Waals surface area contributed by atoms with Crippen LogP contribution in [0, 0.1) is 17.6 Å². The minimum atomic E-state index is -8.72. The Labute approximate surface area is 377 Å². The smallest absolute Gasteiger partial charge is 0.460 e. The molecular weight excluding hydrogens is 992 g/mol. The Balaban J connectivity index is 2.31. The third kappa shape index (κ3) is 12.4. The molecule has 0 unspecified atom stereocenters. The number of carbonyl (C=O) groups is 2. The van der Waals surface area contributed by atoms with E-state index in [4.69, 9.17) is 18.6 Å². The molecule has 1 amide bonds. The topological polar surface area (TPSA) is 83.1 Å². The maximum Gasteiger partial charge on any atom is 0.460 e. The van der Waals surface area contributed by atoms with E-state index in [1.165, 1.54) is 64.1 Å². The SMILES string of the molecule is C=CCOC(=O)/C=C/C[C@@H](C)[C@H](OC(=O)Nc1ccc(F)cc1F)c1ccc(OCCO[Si](CCC(F)(F)C(F)(F)C(F)(F)C(F)(F)C(F)(F)C(F)(F)C(F)(F)C(F)(F)F)(C(C)C)C(C)C)cc1. The van der Waals surface area contributed by atoms with Gasteiger partial charge in [-0.25, -0.2) is 18.4 Å². The van der Waals surface area contributed by atoms with E-state index in [2.05, 4.69) is 11.9 Å². The normalized spacial score (nSPS) is 14.9. The van der Waals surface area contributed by atoms with Gasteiger partial charge in [-0.2, -0.15) is 74.6 Å². The summed E-state index contributed by atoms with van der Waals surface area (Å²) >= 11 is 0. The Bertz CT molecular complexity index is 2040. The summed E-state index contributed by atoms with van der Waals surface area (Å²) in [6.45, 7) is 9.00. The average molecular weight is 1040 g/mol. The molecule has 2 atom stereocenters. The molecule has 2 rings (SSSR count). The summed E-state index contributed by atoms with van der Waals surface area (Å²) in [5, 5.41) is 2.13. The van der Waals surface area contributed by atoms with Gasteiger partial charge in [-0.3, -0.25) is 5.32 Å². The lowest BCUT2D eigenvalue weighted by molar-refractivity contribution is -0.461. The number of hydrogen-bond donors (Lipinski definition) is 1. The second kappa shape index (κ2) is 21.9. The Kier molecular flexibility index (Phi) is 19.2. The van der Waals surface area contributed by atoms with Gasteiger partial charge in [-0.1, -0.05) is 65.5 Å². The van der Waals surface area contributed by atoms with Crippen LogP contribution in [0.3, 0.4) is 0 Å². The predicted octanol–water partition coefficient (Wildman–Crippen LogP) is 14.1. The van der Waals surface area contributed by atoms with Crippen LogP contribution in [0.5, 0.6) is 5.75 Å². The largest absolute Gasteiger partial charge is 0.491 e. The molecule has 1 N–H and O–H groups in total. The van der Waals surface area contributed by atoms with E-state index in [0.29, 0.717) is 6.07 Å². The van der Waals surface area contributed by atoms with Gasteiger partial charge in [0.05, 0.1) is 12.3 Å². The van der Waals surface area contributed by atoms with Crippen molar-refractivity contribution in [2.45, 2.75) is 118 Å². The van der Waals surface area contributed by atoms with Gasteiger partial charge in [0.2, 0.25) is 0 Å². The molecule has 0 heterocycles. The van der Waals surface area contributed by atoms with Gasteiger partial charge in [-0.05, 0) is 53.4 Å². The van der Waals surface area contributed by atoms with Gasteiger partial charge in [0.25, 0.3) is 0 Å². The summed E-state index contributed by atoms with van der Waals surface area (Å²) in [5.41, 5.74) is -2.01. The molecule has 0 spiro atoms. The molecule has 0 aliphatic rings. The summed E-state index contributed by atoms with van der Waals surface area (Å²) in [6.07, 6.45) is -8.87. The molecule has 68 heavy (non-hydrogen) atoms. The average Bonchev–Trinajstić information content (AvgIpc) is 3.21. The van der Waals surface area contributed by atoms with Gasteiger partial charge in [-0.15, -0.1) is 0 Å². The van der Waals surface area contributed by atoms with Crippen molar-refractivity contribution in [3.8, 4) is 5.75 Å². The first-order valence-corrected chi connectivity index (χ1v) is 22.0. The number of benzene rings is 2. The molecule has 7 nitrogen and oxygen atoms in total. The van der Waals surface area contributed by atoms with E-state index in [0.717, 1.165) is 18.2 Å². The molecule has 2 aromatic carbocycles. The van der Waals surface area contributed by atoms with Crippen LogP contribution in [0.4, 0.5) is 93.9 Å². The van der Waals surface area contributed by atoms with E-state index < -0.39 is 134 Å². The zero-order chi connectivity index (χ0) is 52.7. The highest BCUT2D eigenvalue weighted by Gasteiger charge is 2.95. The minimum absolute atomic E-state index is 0.0394. The summed E-state index contributed by atoms with van der Waals surface area (Å²) in [5.74, 6) is -60.4. The number of nitrogens with one attached hydrogen (secondary N) is 1. The first-order chi connectivity index (χ1) is 30.8. The fourth-order valence-corrected chi connectivity index (χ4v) is 11.0. The number of allylic oxidation sites excluding steroid dienone is 1. The molecule has 0 aliphatic carbocycles. The van der Waals surface area contributed by atoms with E-state index in [-0.39, 0.29) is 24.3 Å². The van der Waals surface area contributed by atoms with Gasteiger partial charge >= 0.3 is 59.7 Å². The highest BCUT2D eigenvalue weighted by molar-refractivity contribution is 6.76. The van der Waals surface area contributed by atoms with E-state index in [1.54, 1.807) is 6.92 Å². The predicted molar refractivity (Wildman–Crippen MR) is 207 cm³/mol. The second-order valence-electron chi connectivity index (χ2n) is 15.8. The molecule has 386 valence electrons. The van der Waals surface area contributed by atoms with Crippen molar-refractivity contribution in [3.05, 3.63) is 84.5 Å². The number of carbonyl (C=O) groups excluding carboxylic acids is 2. The lowest BCUT2D eigenvalue weighted by atomic mass is 9.88. The number of halogens is 19. The first-order valence-electron chi connectivity index (χ1n) is 19.8. The summed E-state index contributed by atoms with van der Waals surface area (Å²) < 4.78 is 285. The Morgan fingerprint density at radius 3 is 1.71 bits per heavy atom. The minimum Gasteiger partial charge on any atom is -0.491 e. The number of rotatable bonds is 25. The van der Waals surface area contributed by atoms with Crippen LogP contribution < -0.4 is 10.1 Å². The number of esters is 1. The lowest BCUT2D eigenvalue weighted by Gasteiger charge is -2.44. The van der Waals surface area contributed by atoms with Crippen LogP contribution in [0.15, 0.2) is 67.3 Å². The Morgan fingerprint density at radius 1 is 0.706 bits per heavy atom. The van der Waals surface area contributed by atoms with Gasteiger partial charge < -0.3 is 18.6 Å². The quantitative estimate of drug-likeness (QED) is 0.0266. The van der Waals surface area contributed by atoms with Crippen molar-refractivity contribution in [1.29, 1.82) is 0 Å². The molecule has 0 bridgehead atoms. The molecule has 0 aliphatic heterocycles. The maximum atomic E-state index is 15.0. The third-order valence-electron chi connectivity index (χ3n) is 10.5. The van der Waals surface area contributed by atoms with Crippen LogP contribution in [-0.4, -0.2) is 87.8 Å². The van der Waals surface area contributed by atoms with Gasteiger partial charge in [0, 0.05) is 24.5 Å². The van der Waals surface area contributed by atoms with Crippen molar-refractivity contribution >= 4 is 26.1 Å². The van der Waals surface area contributed by atoms with E-state index in [9.17, 15) is 84.2 Å². The number of amides is 1. The maximum absolute atomic E-state index is 15.0. The molecule has 27 heteroatoms. The van der Waals surface area contributed by atoms with Gasteiger partial charge in [0.1, 0.15) is 36.7 Å².